The highest BCUT2D eigenvalue weighted by Crippen LogP contribution is 2.25. The first-order valence-corrected chi connectivity index (χ1v) is 6.42. The van der Waals surface area contributed by atoms with Gasteiger partial charge in [0, 0.05) is 11.6 Å². The fraction of sp³-hybridized carbons (Fsp3) is 0. The van der Waals surface area contributed by atoms with Gasteiger partial charge < -0.3 is 10.5 Å². The summed E-state index contributed by atoms with van der Waals surface area (Å²) in [6.45, 7) is 0. The Morgan fingerprint density at radius 3 is 2.80 bits per heavy atom. The number of nitrogens with zero attached hydrogens (tertiary/aromatic N) is 2. The van der Waals surface area contributed by atoms with Crippen LogP contribution in [0.25, 0.3) is 10.9 Å². The van der Waals surface area contributed by atoms with Crippen molar-refractivity contribution in [2.24, 2.45) is 5.73 Å². The third kappa shape index (κ3) is 2.44. The molecule has 0 spiro atoms. The Morgan fingerprint density at radius 2 is 1.95 bits per heavy atom. The number of para-hydroxylation sites is 1. The lowest BCUT2D eigenvalue weighted by Gasteiger charge is -2.09. The molecule has 0 unspecified atom stereocenters. The second-order valence-electron chi connectivity index (χ2n) is 4.18. The maximum Gasteiger partial charge on any atom is 0.156 e. The molecule has 0 saturated carbocycles. The molecular formula is C15H11N3OS. The lowest BCUT2D eigenvalue weighted by atomic mass is 10.2. The maximum absolute atomic E-state index is 5.79. The zero-order chi connectivity index (χ0) is 13.9. The average molecular weight is 281 g/mol. The van der Waals surface area contributed by atoms with Crippen LogP contribution in [0.3, 0.4) is 0 Å². The molecule has 0 aliphatic heterocycles. The first-order valence-electron chi connectivity index (χ1n) is 6.01. The minimum absolute atomic E-state index is 0.203. The molecule has 0 saturated heterocycles. The Balaban J connectivity index is 1.99. The van der Waals surface area contributed by atoms with Crippen molar-refractivity contribution in [1.82, 2.24) is 9.97 Å². The van der Waals surface area contributed by atoms with Crippen LogP contribution in [-0.4, -0.2) is 15.0 Å². The van der Waals surface area contributed by atoms with Gasteiger partial charge in [-0.3, -0.25) is 4.98 Å². The Bertz CT molecular complexity index is 789. The lowest BCUT2D eigenvalue weighted by molar-refractivity contribution is 0.478. The summed E-state index contributed by atoms with van der Waals surface area (Å²) in [6.07, 6.45) is 3.29. The summed E-state index contributed by atoms with van der Waals surface area (Å²) in [5.74, 6) is 1.14. The molecule has 3 aromatic rings. The second kappa shape index (κ2) is 5.22. The maximum atomic E-state index is 5.79. The van der Waals surface area contributed by atoms with Crippen LogP contribution in [0.2, 0.25) is 0 Å². The summed E-state index contributed by atoms with van der Waals surface area (Å²) in [6, 6.07) is 13.3. The molecule has 2 aromatic heterocycles. The van der Waals surface area contributed by atoms with E-state index in [-0.39, 0.29) is 4.99 Å². The molecule has 98 valence electrons. The number of pyridine rings is 2. The number of hydrogen-bond acceptors (Lipinski definition) is 4. The number of benzene rings is 1. The Labute approximate surface area is 121 Å². The van der Waals surface area contributed by atoms with Gasteiger partial charge in [0.15, 0.2) is 5.75 Å². The van der Waals surface area contributed by atoms with Gasteiger partial charge in [-0.2, -0.15) is 0 Å². The van der Waals surface area contributed by atoms with Crippen molar-refractivity contribution < 1.29 is 4.74 Å². The van der Waals surface area contributed by atoms with Crippen LogP contribution in [0.4, 0.5) is 0 Å². The van der Waals surface area contributed by atoms with Crippen LogP contribution in [-0.2, 0) is 0 Å². The van der Waals surface area contributed by atoms with E-state index in [2.05, 4.69) is 9.97 Å². The van der Waals surface area contributed by atoms with Gasteiger partial charge in [-0.1, -0.05) is 30.4 Å². The fourth-order valence-corrected chi connectivity index (χ4v) is 2.04. The number of rotatable bonds is 3. The molecule has 0 radical (unpaired) electrons. The van der Waals surface area contributed by atoms with E-state index in [1.165, 1.54) is 0 Å². The monoisotopic (exact) mass is 281 g/mol. The number of hydrogen-bond donors (Lipinski definition) is 1. The zero-order valence-corrected chi connectivity index (χ0v) is 11.3. The van der Waals surface area contributed by atoms with Gasteiger partial charge >= 0.3 is 0 Å². The Kier molecular flexibility index (Phi) is 3.26. The minimum Gasteiger partial charge on any atom is -0.453 e. The molecule has 0 atom stereocenters. The molecule has 2 N–H and O–H groups in total. The smallest absolute Gasteiger partial charge is 0.156 e. The van der Waals surface area contributed by atoms with Crippen molar-refractivity contribution in [2.45, 2.75) is 0 Å². The van der Waals surface area contributed by atoms with Gasteiger partial charge in [0.25, 0.3) is 0 Å². The largest absolute Gasteiger partial charge is 0.453 e. The Morgan fingerprint density at radius 1 is 1.10 bits per heavy atom. The minimum atomic E-state index is 0.203. The molecule has 0 amide bonds. The highest BCUT2D eigenvalue weighted by molar-refractivity contribution is 7.80. The SMILES string of the molecule is NC(=S)c1ncccc1Oc1cnc2ccccc2c1. The van der Waals surface area contributed by atoms with Crippen LogP contribution in [0.15, 0.2) is 54.9 Å². The number of aromatic nitrogens is 2. The van der Waals surface area contributed by atoms with Gasteiger partial charge in [-0.25, -0.2) is 4.98 Å². The Hall–Kier alpha value is -2.53. The molecule has 0 bridgehead atoms. The van der Waals surface area contributed by atoms with Crippen molar-refractivity contribution in [3.8, 4) is 11.5 Å². The van der Waals surface area contributed by atoms with Gasteiger partial charge in [0.1, 0.15) is 16.4 Å². The van der Waals surface area contributed by atoms with Crippen LogP contribution in [0.1, 0.15) is 5.69 Å². The van der Waals surface area contributed by atoms with Crippen molar-refractivity contribution in [3.63, 3.8) is 0 Å². The number of thiocarbonyl (C=S) groups is 1. The quantitative estimate of drug-likeness (QED) is 0.748. The van der Waals surface area contributed by atoms with Gasteiger partial charge in [0.05, 0.1) is 11.7 Å². The molecule has 1 aromatic carbocycles. The van der Waals surface area contributed by atoms with E-state index in [0.717, 1.165) is 10.9 Å². The fourth-order valence-electron chi connectivity index (χ4n) is 1.89. The molecular weight excluding hydrogens is 270 g/mol. The molecule has 0 fully saturated rings. The summed E-state index contributed by atoms with van der Waals surface area (Å²) in [7, 11) is 0. The third-order valence-electron chi connectivity index (χ3n) is 2.80. The van der Waals surface area contributed by atoms with E-state index >= 15 is 0 Å². The van der Waals surface area contributed by atoms with Crippen molar-refractivity contribution in [1.29, 1.82) is 0 Å². The molecule has 0 aliphatic carbocycles. The van der Waals surface area contributed by atoms with E-state index in [4.69, 9.17) is 22.7 Å². The van der Waals surface area contributed by atoms with Crippen LogP contribution >= 0.6 is 12.2 Å². The van der Waals surface area contributed by atoms with Crippen LogP contribution < -0.4 is 10.5 Å². The van der Waals surface area contributed by atoms with E-state index in [1.807, 2.05) is 30.3 Å². The van der Waals surface area contributed by atoms with E-state index in [9.17, 15) is 0 Å². The highest BCUT2D eigenvalue weighted by atomic mass is 32.1. The van der Waals surface area contributed by atoms with Gasteiger partial charge in [-0.15, -0.1) is 0 Å². The summed E-state index contributed by atoms with van der Waals surface area (Å²) >= 11 is 4.96. The van der Waals surface area contributed by atoms with Crippen LogP contribution in [0, 0.1) is 0 Å². The summed E-state index contributed by atoms with van der Waals surface area (Å²) < 4.78 is 5.79. The second-order valence-corrected chi connectivity index (χ2v) is 4.62. The van der Waals surface area contributed by atoms with Gasteiger partial charge in [0.2, 0.25) is 0 Å². The molecule has 3 rings (SSSR count). The zero-order valence-electron chi connectivity index (χ0n) is 10.5. The molecule has 2 heterocycles. The lowest BCUT2D eigenvalue weighted by Crippen LogP contribution is -2.12. The van der Waals surface area contributed by atoms with Crippen LogP contribution in [0.5, 0.6) is 11.5 Å². The summed E-state index contributed by atoms with van der Waals surface area (Å²) in [5.41, 5.74) is 7.02. The van der Waals surface area contributed by atoms with Crippen molar-refractivity contribution in [3.05, 3.63) is 60.6 Å². The average Bonchev–Trinajstić information content (AvgIpc) is 2.47. The van der Waals surface area contributed by atoms with Crippen molar-refractivity contribution >= 4 is 28.1 Å². The molecule has 20 heavy (non-hydrogen) atoms. The predicted molar refractivity (Wildman–Crippen MR) is 81.9 cm³/mol. The number of nitrogens with two attached hydrogens (primary N) is 1. The van der Waals surface area contributed by atoms with E-state index < -0.39 is 0 Å². The highest BCUT2D eigenvalue weighted by Gasteiger charge is 2.08. The van der Waals surface area contributed by atoms with E-state index in [0.29, 0.717) is 17.2 Å². The normalized spacial score (nSPS) is 10.4. The van der Waals surface area contributed by atoms with E-state index in [1.54, 1.807) is 24.5 Å². The number of ether oxygens (including phenoxy) is 1. The molecule has 5 heteroatoms. The van der Waals surface area contributed by atoms with Gasteiger partial charge in [-0.05, 0) is 24.3 Å². The third-order valence-corrected chi connectivity index (χ3v) is 2.99. The molecule has 0 aliphatic rings. The standard InChI is InChI=1S/C15H11N3OS/c16-15(20)14-13(6-3-7-17-14)19-11-8-10-4-1-2-5-12(10)18-9-11/h1-9H,(H2,16,20). The topological polar surface area (TPSA) is 61.0 Å². The predicted octanol–water partition coefficient (Wildman–Crippen LogP) is 3.06. The first kappa shape index (κ1) is 12.5. The summed E-state index contributed by atoms with van der Waals surface area (Å²) in [5, 5.41) is 1.01. The summed E-state index contributed by atoms with van der Waals surface area (Å²) in [4.78, 5) is 8.67. The first-order chi connectivity index (χ1) is 9.74. The number of fused-ring (bicyclic) bond motifs is 1. The van der Waals surface area contributed by atoms with Crippen molar-refractivity contribution in [2.75, 3.05) is 0 Å². The molecule has 4 nitrogen and oxygen atoms in total.